The van der Waals surface area contributed by atoms with Crippen LogP contribution >= 0.6 is 0 Å². The van der Waals surface area contributed by atoms with Crippen LogP contribution in [0.4, 0.5) is 4.79 Å². The van der Waals surface area contributed by atoms with Gasteiger partial charge in [0.1, 0.15) is 12.3 Å². The van der Waals surface area contributed by atoms with Crippen molar-refractivity contribution in [1.29, 1.82) is 0 Å². The van der Waals surface area contributed by atoms with Crippen molar-refractivity contribution in [2.45, 2.75) is 50.3 Å². The molecule has 1 heterocycles. The number of oxazole rings is 1. The first kappa shape index (κ1) is 17.1. The number of methoxy groups -OCH3 is 1. The highest BCUT2D eigenvalue weighted by atomic mass is 16.5. The minimum absolute atomic E-state index is 0.143. The topological polar surface area (TPSA) is 76.4 Å². The molecule has 26 heavy (non-hydrogen) atoms. The Morgan fingerprint density at radius 1 is 1.38 bits per heavy atom. The van der Waals surface area contributed by atoms with Crippen LogP contribution in [-0.2, 0) is 11.2 Å². The molecule has 1 spiro atoms. The van der Waals surface area contributed by atoms with Crippen LogP contribution in [0.15, 0.2) is 47.2 Å². The second-order valence-corrected chi connectivity index (χ2v) is 7.33. The van der Waals surface area contributed by atoms with E-state index in [1.165, 1.54) is 12.7 Å². The molecule has 2 aliphatic rings. The minimum atomic E-state index is -0.303. The molecule has 6 heteroatoms. The summed E-state index contributed by atoms with van der Waals surface area (Å²) >= 11 is 0. The van der Waals surface area contributed by atoms with E-state index in [0.717, 1.165) is 24.8 Å². The molecular formula is C20H25N3O3. The second kappa shape index (κ2) is 7.11. The molecule has 2 amide bonds. The molecular weight excluding hydrogens is 330 g/mol. The Morgan fingerprint density at radius 3 is 2.81 bits per heavy atom. The maximum absolute atomic E-state index is 12.6. The Kier molecular flexibility index (Phi) is 4.68. The molecule has 2 aromatic rings. The fraction of sp³-hybridized carbons (Fsp3) is 0.500. The quantitative estimate of drug-likeness (QED) is 0.834. The van der Waals surface area contributed by atoms with Crippen molar-refractivity contribution in [3.05, 3.63) is 54.2 Å². The number of carbonyl (C=O) groups excluding carboxylic acids is 1. The van der Waals surface area contributed by atoms with Gasteiger partial charge in [-0.15, -0.1) is 0 Å². The van der Waals surface area contributed by atoms with Crippen molar-refractivity contribution in [1.82, 2.24) is 15.6 Å². The van der Waals surface area contributed by atoms with E-state index in [1.54, 1.807) is 13.3 Å². The number of nitrogens with zero attached hydrogens (tertiary/aromatic N) is 1. The number of hydrogen-bond donors (Lipinski definition) is 2. The van der Waals surface area contributed by atoms with Crippen LogP contribution < -0.4 is 10.6 Å². The van der Waals surface area contributed by atoms with Crippen molar-refractivity contribution in [2.24, 2.45) is 5.41 Å². The molecule has 0 saturated heterocycles. The maximum Gasteiger partial charge on any atom is 0.315 e. The number of benzene rings is 1. The van der Waals surface area contributed by atoms with Crippen LogP contribution in [-0.4, -0.2) is 30.3 Å². The smallest absolute Gasteiger partial charge is 0.315 e. The van der Waals surface area contributed by atoms with Crippen molar-refractivity contribution in [3.63, 3.8) is 0 Å². The van der Waals surface area contributed by atoms with Crippen LogP contribution in [0.25, 0.3) is 0 Å². The molecule has 6 nitrogen and oxygen atoms in total. The summed E-state index contributed by atoms with van der Waals surface area (Å²) in [5.74, 6) is 0.519. The Labute approximate surface area is 153 Å². The van der Waals surface area contributed by atoms with Crippen LogP contribution in [0.5, 0.6) is 0 Å². The summed E-state index contributed by atoms with van der Waals surface area (Å²) in [4.78, 5) is 16.9. The zero-order chi connectivity index (χ0) is 18.0. The number of rotatable bonds is 6. The van der Waals surface area contributed by atoms with E-state index in [2.05, 4.69) is 15.6 Å². The lowest BCUT2D eigenvalue weighted by molar-refractivity contribution is -0.158. The zero-order valence-corrected chi connectivity index (χ0v) is 15.0. The van der Waals surface area contributed by atoms with E-state index < -0.39 is 0 Å². The van der Waals surface area contributed by atoms with E-state index >= 15 is 0 Å². The Balaban J connectivity index is 1.40. The first-order chi connectivity index (χ1) is 12.7. The van der Waals surface area contributed by atoms with Crippen molar-refractivity contribution in [3.8, 4) is 0 Å². The number of urea groups is 1. The summed E-state index contributed by atoms with van der Waals surface area (Å²) in [5, 5.41) is 6.19. The van der Waals surface area contributed by atoms with Gasteiger partial charge in [0, 0.05) is 25.0 Å². The van der Waals surface area contributed by atoms with E-state index in [4.69, 9.17) is 9.15 Å². The average molecular weight is 355 g/mol. The average Bonchev–Trinajstić information content (AvgIpc) is 3.12. The van der Waals surface area contributed by atoms with Crippen LogP contribution in [0, 0.1) is 5.41 Å². The largest absolute Gasteiger partial charge is 0.447 e. The number of amides is 2. The molecule has 0 bridgehead atoms. The monoisotopic (exact) mass is 355 g/mol. The third kappa shape index (κ3) is 3.09. The molecule has 2 aliphatic carbocycles. The van der Waals surface area contributed by atoms with Gasteiger partial charge in [-0.2, -0.15) is 0 Å². The van der Waals surface area contributed by atoms with E-state index in [-0.39, 0.29) is 29.6 Å². The second-order valence-electron chi connectivity index (χ2n) is 7.33. The van der Waals surface area contributed by atoms with Gasteiger partial charge in [-0.05, 0) is 24.8 Å². The Bertz CT molecular complexity index is 728. The van der Waals surface area contributed by atoms with Crippen LogP contribution in [0.1, 0.15) is 43.2 Å². The molecule has 4 rings (SSSR count). The van der Waals surface area contributed by atoms with Gasteiger partial charge in [-0.1, -0.05) is 36.8 Å². The lowest BCUT2D eigenvalue weighted by Gasteiger charge is -2.60. The summed E-state index contributed by atoms with van der Waals surface area (Å²) < 4.78 is 11.0. The fourth-order valence-corrected chi connectivity index (χ4v) is 4.35. The van der Waals surface area contributed by atoms with Crippen molar-refractivity contribution >= 4 is 6.03 Å². The highest BCUT2D eigenvalue weighted by Gasteiger charge is 2.59. The number of aromatic nitrogens is 1. The lowest BCUT2D eigenvalue weighted by Crippen LogP contribution is -2.68. The molecule has 1 aromatic heterocycles. The van der Waals surface area contributed by atoms with Gasteiger partial charge in [0.25, 0.3) is 0 Å². The zero-order valence-electron chi connectivity index (χ0n) is 15.0. The lowest BCUT2D eigenvalue weighted by atomic mass is 9.51. The van der Waals surface area contributed by atoms with Gasteiger partial charge >= 0.3 is 6.03 Å². The molecule has 3 unspecified atom stereocenters. The van der Waals surface area contributed by atoms with Gasteiger partial charge in [0.05, 0.1) is 12.3 Å². The number of carbonyl (C=O) groups is 1. The first-order valence-corrected chi connectivity index (χ1v) is 9.24. The summed E-state index contributed by atoms with van der Waals surface area (Å²) in [7, 11) is 1.76. The van der Waals surface area contributed by atoms with Gasteiger partial charge < -0.3 is 19.8 Å². The fourth-order valence-electron chi connectivity index (χ4n) is 4.35. The SMILES string of the molecule is COC1CC(NC(=O)NC(Cc2ccccc2)c2ncco2)C12CCC2. The van der Waals surface area contributed by atoms with Gasteiger partial charge in [0.2, 0.25) is 5.89 Å². The molecule has 0 aliphatic heterocycles. The normalized spacial score (nSPS) is 24.3. The third-order valence-corrected chi connectivity index (χ3v) is 6.00. The Hall–Kier alpha value is -2.34. The standard InChI is InChI=1S/C20H25N3O3/c1-25-17-13-16(20(17)8-5-9-20)23-19(24)22-15(18-21-10-11-26-18)12-14-6-3-2-4-7-14/h2-4,6-7,10-11,15-17H,5,8-9,12-13H2,1H3,(H2,22,23,24). The molecule has 2 saturated carbocycles. The maximum atomic E-state index is 12.6. The summed E-state index contributed by atoms with van der Waals surface area (Å²) in [5.41, 5.74) is 1.26. The number of hydrogen-bond acceptors (Lipinski definition) is 4. The molecule has 2 N–H and O–H groups in total. The van der Waals surface area contributed by atoms with Crippen LogP contribution in [0.2, 0.25) is 0 Å². The predicted octanol–water partition coefficient (Wildman–Crippen LogP) is 3.22. The van der Waals surface area contributed by atoms with Crippen molar-refractivity contribution in [2.75, 3.05) is 7.11 Å². The molecule has 2 fully saturated rings. The highest BCUT2D eigenvalue weighted by Crippen LogP contribution is 2.57. The summed E-state index contributed by atoms with van der Waals surface area (Å²) in [6.45, 7) is 0. The molecule has 0 radical (unpaired) electrons. The third-order valence-electron chi connectivity index (χ3n) is 6.00. The molecule has 1 aromatic carbocycles. The Morgan fingerprint density at radius 2 is 2.19 bits per heavy atom. The predicted molar refractivity (Wildman–Crippen MR) is 96.5 cm³/mol. The van der Waals surface area contributed by atoms with E-state index in [0.29, 0.717) is 12.3 Å². The van der Waals surface area contributed by atoms with Gasteiger partial charge in [-0.3, -0.25) is 0 Å². The van der Waals surface area contributed by atoms with Gasteiger partial charge in [0.15, 0.2) is 0 Å². The highest BCUT2D eigenvalue weighted by molar-refractivity contribution is 5.75. The summed E-state index contributed by atoms with van der Waals surface area (Å²) in [6, 6.07) is 9.73. The number of nitrogens with one attached hydrogen (secondary N) is 2. The molecule has 138 valence electrons. The van der Waals surface area contributed by atoms with Crippen LogP contribution in [0.3, 0.4) is 0 Å². The van der Waals surface area contributed by atoms with E-state index in [1.807, 2.05) is 30.3 Å². The van der Waals surface area contributed by atoms with E-state index in [9.17, 15) is 4.79 Å². The van der Waals surface area contributed by atoms with Gasteiger partial charge in [-0.25, -0.2) is 9.78 Å². The number of ether oxygens (including phenoxy) is 1. The van der Waals surface area contributed by atoms with Crippen molar-refractivity contribution < 1.29 is 13.9 Å². The molecule has 3 atom stereocenters. The summed E-state index contributed by atoms with van der Waals surface area (Å²) in [6.07, 6.45) is 8.39. The first-order valence-electron chi connectivity index (χ1n) is 9.24. The minimum Gasteiger partial charge on any atom is -0.447 e.